The molecule has 4 amide bonds. The van der Waals surface area contributed by atoms with Crippen LogP contribution in [0.15, 0.2) is 48.5 Å². The zero-order chi connectivity index (χ0) is 20.5. The Morgan fingerprint density at radius 3 is 2.39 bits per heavy atom. The fourth-order valence-corrected chi connectivity index (χ4v) is 2.49. The highest BCUT2D eigenvalue weighted by molar-refractivity contribution is 6.10. The summed E-state index contributed by atoms with van der Waals surface area (Å²) in [7, 11) is 0. The molecule has 0 fully saturated rings. The molecule has 0 aliphatic rings. The zero-order valence-corrected chi connectivity index (χ0v) is 16.3. The Morgan fingerprint density at radius 2 is 1.68 bits per heavy atom. The molecule has 7 nitrogen and oxygen atoms in total. The molecular weight excluding hydrogens is 356 g/mol. The Morgan fingerprint density at radius 1 is 0.929 bits per heavy atom. The van der Waals surface area contributed by atoms with Crippen molar-refractivity contribution in [3.05, 3.63) is 59.7 Å². The van der Waals surface area contributed by atoms with Gasteiger partial charge in [0.15, 0.2) is 0 Å². The van der Waals surface area contributed by atoms with Crippen LogP contribution in [0.4, 0.5) is 16.2 Å². The van der Waals surface area contributed by atoms with E-state index in [0.717, 1.165) is 6.42 Å². The van der Waals surface area contributed by atoms with E-state index < -0.39 is 0 Å². The van der Waals surface area contributed by atoms with Crippen LogP contribution in [-0.4, -0.2) is 30.4 Å². The van der Waals surface area contributed by atoms with Gasteiger partial charge in [0.25, 0.3) is 11.8 Å². The number of carbonyl (C=O) groups excluding carboxylic acids is 3. The normalized spacial score (nSPS) is 10.3. The van der Waals surface area contributed by atoms with Gasteiger partial charge in [0.2, 0.25) is 0 Å². The van der Waals surface area contributed by atoms with Gasteiger partial charge in [0, 0.05) is 23.8 Å². The molecular formula is C21H26N4O3. The first-order chi connectivity index (χ1) is 13.4. The second kappa shape index (κ2) is 10.1. The molecule has 0 bridgehead atoms. The summed E-state index contributed by atoms with van der Waals surface area (Å²) in [6.07, 6.45) is 0.844. The number of benzene rings is 2. The highest BCUT2D eigenvalue weighted by atomic mass is 16.2. The highest BCUT2D eigenvalue weighted by Crippen LogP contribution is 2.18. The largest absolute Gasteiger partial charge is 0.352 e. The number of amides is 4. The van der Waals surface area contributed by atoms with E-state index in [1.165, 1.54) is 0 Å². The fourth-order valence-electron chi connectivity index (χ4n) is 2.49. The number of rotatable bonds is 7. The summed E-state index contributed by atoms with van der Waals surface area (Å²) in [6, 6.07) is 13.0. The average molecular weight is 382 g/mol. The SMILES string of the molecule is CCCNC(=O)c1cccc(NC(=O)c2ccccc2NC(=O)NC(C)C)c1. The van der Waals surface area contributed by atoms with Crippen LogP contribution in [0.2, 0.25) is 0 Å². The van der Waals surface area contributed by atoms with Crippen LogP contribution in [0.25, 0.3) is 0 Å². The average Bonchev–Trinajstić information content (AvgIpc) is 2.66. The van der Waals surface area contributed by atoms with E-state index in [1.54, 1.807) is 48.5 Å². The molecule has 0 aliphatic heterocycles. The molecule has 0 unspecified atom stereocenters. The summed E-state index contributed by atoms with van der Waals surface area (Å²) in [5.74, 6) is -0.572. The second-order valence-corrected chi connectivity index (χ2v) is 6.59. The van der Waals surface area contributed by atoms with Gasteiger partial charge in [-0.3, -0.25) is 9.59 Å². The molecule has 4 N–H and O–H groups in total. The maximum absolute atomic E-state index is 12.7. The predicted molar refractivity (Wildman–Crippen MR) is 111 cm³/mol. The Kier molecular flexibility index (Phi) is 7.56. The quantitative estimate of drug-likeness (QED) is 0.589. The van der Waals surface area contributed by atoms with Crippen LogP contribution in [-0.2, 0) is 0 Å². The van der Waals surface area contributed by atoms with Crippen molar-refractivity contribution >= 4 is 29.2 Å². The molecule has 0 atom stereocenters. The van der Waals surface area contributed by atoms with Gasteiger partial charge in [0.1, 0.15) is 0 Å². The lowest BCUT2D eigenvalue weighted by Gasteiger charge is -2.14. The first-order valence-corrected chi connectivity index (χ1v) is 9.27. The van der Waals surface area contributed by atoms with Gasteiger partial charge in [-0.05, 0) is 50.6 Å². The van der Waals surface area contributed by atoms with Gasteiger partial charge in [-0.25, -0.2) is 4.79 Å². The van der Waals surface area contributed by atoms with E-state index in [9.17, 15) is 14.4 Å². The minimum Gasteiger partial charge on any atom is -0.352 e. The van der Waals surface area contributed by atoms with E-state index in [1.807, 2.05) is 20.8 Å². The standard InChI is InChI=1S/C21H26N4O3/c1-4-12-22-19(26)15-8-7-9-16(13-15)24-20(27)17-10-5-6-11-18(17)25-21(28)23-14(2)3/h5-11,13-14H,4,12H2,1-3H3,(H,22,26)(H,24,27)(H2,23,25,28). The van der Waals surface area contributed by atoms with Crippen LogP contribution in [0.5, 0.6) is 0 Å². The molecule has 2 aromatic rings. The lowest BCUT2D eigenvalue weighted by molar-refractivity contribution is 0.0952. The predicted octanol–water partition coefficient (Wildman–Crippen LogP) is 3.61. The number of anilines is 2. The molecule has 2 aromatic carbocycles. The van der Waals surface area contributed by atoms with Crippen molar-refractivity contribution < 1.29 is 14.4 Å². The van der Waals surface area contributed by atoms with Crippen LogP contribution in [0, 0.1) is 0 Å². The summed E-state index contributed by atoms with van der Waals surface area (Å²) in [5, 5.41) is 11.0. The van der Waals surface area contributed by atoms with Crippen molar-refractivity contribution in [2.45, 2.75) is 33.2 Å². The Hall–Kier alpha value is -3.35. The van der Waals surface area contributed by atoms with E-state index in [0.29, 0.717) is 29.0 Å². The monoisotopic (exact) mass is 382 g/mol. The smallest absolute Gasteiger partial charge is 0.319 e. The van der Waals surface area contributed by atoms with Crippen molar-refractivity contribution in [1.82, 2.24) is 10.6 Å². The Labute approximate surface area is 164 Å². The number of para-hydroxylation sites is 1. The van der Waals surface area contributed by atoms with Gasteiger partial charge in [-0.1, -0.05) is 25.1 Å². The number of carbonyl (C=O) groups is 3. The van der Waals surface area contributed by atoms with Crippen molar-refractivity contribution in [2.24, 2.45) is 0 Å². The van der Waals surface area contributed by atoms with E-state index in [4.69, 9.17) is 0 Å². The molecule has 7 heteroatoms. The second-order valence-electron chi connectivity index (χ2n) is 6.59. The van der Waals surface area contributed by atoms with Crippen LogP contribution >= 0.6 is 0 Å². The van der Waals surface area contributed by atoms with Crippen molar-refractivity contribution in [3.63, 3.8) is 0 Å². The molecule has 0 heterocycles. The first-order valence-electron chi connectivity index (χ1n) is 9.27. The fraction of sp³-hybridized carbons (Fsp3) is 0.286. The van der Waals surface area contributed by atoms with Crippen molar-refractivity contribution in [2.75, 3.05) is 17.2 Å². The third kappa shape index (κ3) is 6.12. The highest BCUT2D eigenvalue weighted by Gasteiger charge is 2.14. The van der Waals surface area contributed by atoms with Gasteiger partial charge < -0.3 is 21.3 Å². The van der Waals surface area contributed by atoms with Gasteiger partial charge in [0.05, 0.1) is 11.3 Å². The molecule has 0 aliphatic carbocycles. The summed E-state index contributed by atoms with van der Waals surface area (Å²) < 4.78 is 0. The lowest BCUT2D eigenvalue weighted by atomic mass is 10.1. The molecule has 28 heavy (non-hydrogen) atoms. The van der Waals surface area contributed by atoms with Crippen LogP contribution in [0.3, 0.4) is 0 Å². The van der Waals surface area contributed by atoms with Crippen molar-refractivity contribution in [1.29, 1.82) is 0 Å². The van der Waals surface area contributed by atoms with Crippen molar-refractivity contribution in [3.8, 4) is 0 Å². The molecule has 0 saturated heterocycles. The van der Waals surface area contributed by atoms with Gasteiger partial charge >= 0.3 is 6.03 Å². The van der Waals surface area contributed by atoms with E-state index >= 15 is 0 Å². The number of hydrogen-bond donors (Lipinski definition) is 4. The minimum atomic E-state index is -0.384. The molecule has 2 rings (SSSR count). The summed E-state index contributed by atoms with van der Waals surface area (Å²) in [6.45, 7) is 6.26. The van der Waals surface area contributed by atoms with Crippen LogP contribution < -0.4 is 21.3 Å². The third-order valence-electron chi connectivity index (χ3n) is 3.76. The molecule has 0 aromatic heterocycles. The minimum absolute atomic E-state index is 0.0254. The number of hydrogen-bond acceptors (Lipinski definition) is 3. The van der Waals surface area contributed by atoms with Crippen LogP contribution in [0.1, 0.15) is 47.9 Å². The van der Waals surface area contributed by atoms with Gasteiger partial charge in [-0.15, -0.1) is 0 Å². The summed E-state index contributed by atoms with van der Waals surface area (Å²) >= 11 is 0. The summed E-state index contributed by atoms with van der Waals surface area (Å²) in [4.78, 5) is 36.8. The Bertz CT molecular complexity index is 849. The third-order valence-corrected chi connectivity index (χ3v) is 3.76. The van der Waals surface area contributed by atoms with E-state index in [2.05, 4.69) is 21.3 Å². The summed E-state index contributed by atoms with van der Waals surface area (Å²) in [5.41, 5.74) is 1.68. The maximum Gasteiger partial charge on any atom is 0.319 e. The molecule has 0 saturated carbocycles. The Balaban J connectivity index is 2.13. The number of nitrogens with one attached hydrogen (secondary N) is 4. The number of urea groups is 1. The molecule has 0 spiro atoms. The van der Waals surface area contributed by atoms with Gasteiger partial charge in [-0.2, -0.15) is 0 Å². The van der Waals surface area contributed by atoms with E-state index in [-0.39, 0.29) is 23.9 Å². The molecule has 148 valence electrons. The topological polar surface area (TPSA) is 99.3 Å². The molecule has 0 radical (unpaired) electrons. The first kappa shape index (κ1) is 21.0. The zero-order valence-electron chi connectivity index (χ0n) is 16.3. The lowest BCUT2D eigenvalue weighted by Crippen LogP contribution is -2.34. The maximum atomic E-state index is 12.7.